The van der Waals surface area contributed by atoms with E-state index in [0.29, 0.717) is 11.5 Å². The summed E-state index contributed by atoms with van der Waals surface area (Å²) in [5.74, 6) is 0.907. The van der Waals surface area contributed by atoms with E-state index in [1.165, 1.54) is 32.5 Å². The van der Waals surface area contributed by atoms with Gasteiger partial charge >= 0.3 is 0 Å². The lowest BCUT2D eigenvalue weighted by Gasteiger charge is -2.14. The molecular weight excluding hydrogens is 344 g/mol. The van der Waals surface area contributed by atoms with Gasteiger partial charge in [0.2, 0.25) is 0 Å². The average Bonchev–Trinajstić information content (AvgIpc) is 3.40. The number of rotatable bonds is 8. The normalized spacial score (nSPS) is 15.1. The lowest BCUT2D eigenvalue weighted by molar-refractivity contribution is 0.310. The van der Waals surface area contributed by atoms with E-state index in [2.05, 4.69) is 42.0 Å². The zero-order chi connectivity index (χ0) is 18.6. The molecule has 9 nitrogen and oxygen atoms in total. The molecule has 0 unspecified atom stereocenters. The van der Waals surface area contributed by atoms with Gasteiger partial charge in [-0.25, -0.2) is 9.61 Å². The molecule has 0 saturated carbocycles. The van der Waals surface area contributed by atoms with E-state index in [0.717, 1.165) is 42.7 Å². The van der Waals surface area contributed by atoms with Gasteiger partial charge in [-0.05, 0) is 62.7 Å². The summed E-state index contributed by atoms with van der Waals surface area (Å²) in [5.41, 5.74) is 9.33. The summed E-state index contributed by atoms with van der Waals surface area (Å²) in [6, 6.07) is 0. The molecule has 27 heavy (non-hydrogen) atoms. The van der Waals surface area contributed by atoms with Crippen LogP contribution in [-0.2, 0) is 13.1 Å². The molecule has 0 bridgehead atoms. The molecule has 0 aromatic carbocycles. The second-order valence-corrected chi connectivity index (χ2v) is 6.92. The molecule has 4 rings (SSSR count). The number of fused-ring (bicyclic) bond motifs is 1. The third-order valence-electron chi connectivity index (χ3n) is 5.11. The van der Waals surface area contributed by atoms with Crippen molar-refractivity contribution in [3.8, 4) is 11.5 Å². The summed E-state index contributed by atoms with van der Waals surface area (Å²) in [4.78, 5) is 11.6. The van der Waals surface area contributed by atoms with E-state index < -0.39 is 0 Å². The van der Waals surface area contributed by atoms with Gasteiger partial charge in [0, 0.05) is 24.8 Å². The Balaban J connectivity index is 1.49. The highest BCUT2D eigenvalue weighted by atomic mass is 16.6. The molecular formula is C18H26N8O. The molecule has 0 radical (unpaired) electrons. The van der Waals surface area contributed by atoms with Crippen LogP contribution in [0.15, 0.2) is 17.0 Å². The minimum absolute atomic E-state index is 0.245. The minimum atomic E-state index is 0.245. The number of nitrogens with two attached hydrogens (primary N) is 1. The highest BCUT2D eigenvalue weighted by Gasteiger charge is 2.20. The summed E-state index contributed by atoms with van der Waals surface area (Å²) < 4.78 is 6.84. The van der Waals surface area contributed by atoms with Crippen molar-refractivity contribution in [1.82, 2.24) is 35.1 Å². The topological polar surface area (TPSA) is 111 Å². The number of nitrogens with zero attached hydrogens (tertiary/aromatic N) is 6. The number of anilines is 1. The quantitative estimate of drug-likeness (QED) is 0.576. The number of imidazole rings is 1. The fraction of sp³-hybridized carbons (Fsp3) is 0.556. The maximum atomic E-state index is 5.87. The van der Waals surface area contributed by atoms with Crippen LogP contribution in [0, 0.1) is 0 Å². The van der Waals surface area contributed by atoms with E-state index in [4.69, 9.17) is 10.4 Å². The molecule has 144 valence electrons. The Bertz CT molecular complexity index is 896. The third kappa shape index (κ3) is 3.65. The Labute approximate surface area is 157 Å². The second kappa shape index (κ2) is 8.01. The van der Waals surface area contributed by atoms with Gasteiger partial charge in [0.25, 0.3) is 0 Å². The van der Waals surface area contributed by atoms with Crippen LogP contribution in [0.5, 0.6) is 0 Å². The first-order valence-corrected chi connectivity index (χ1v) is 9.62. The summed E-state index contributed by atoms with van der Waals surface area (Å²) in [6.45, 7) is 8.22. The summed E-state index contributed by atoms with van der Waals surface area (Å²) >= 11 is 0. The van der Waals surface area contributed by atoms with Crippen molar-refractivity contribution in [3.63, 3.8) is 0 Å². The number of likely N-dealkylation sites (tertiary alicyclic amines) is 1. The monoisotopic (exact) mass is 370 g/mol. The number of hydrogen-bond acceptors (Lipinski definition) is 8. The van der Waals surface area contributed by atoms with Crippen LogP contribution in [0.4, 0.5) is 5.82 Å². The average molecular weight is 370 g/mol. The smallest absolute Gasteiger partial charge is 0.199 e. The largest absolute Gasteiger partial charge is 0.379 e. The third-order valence-corrected chi connectivity index (χ3v) is 5.11. The van der Waals surface area contributed by atoms with Gasteiger partial charge in [-0.3, -0.25) is 4.98 Å². The lowest BCUT2D eigenvalue weighted by Crippen LogP contribution is -2.24. The number of hydrogen-bond donors (Lipinski definition) is 2. The van der Waals surface area contributed by atoms with E-state index in [1.54, 1.807) is 6.20 Å². The lowest BCUT2D eigenvalue weighted by atomic mass is 10.2. The number of pyridine rings is 1. The van der Waals surface area contributed by atoms with Gasteiger partial charge < -0.3 is 20.5 Å². The zero-order valence-electron chi connectivity index (χ0n) is 15.7. The van der Waals surface area contributed by atoms with Crippen molar-refractivity contribution in [2.24, 2.45) is 0 Å². The van der Waals surface area contributed by atoms with Crippen LogP contribution < -0.4 is 11.1 Å². The van der Waals surface area contributed by atoms with Crippen molar-refractivity contribution in [1.29, 1.82) is 0 Å². The predicted octanol–water partition coefficient (Wildman–Crippen LogP) is 1.66. The molecule has 3 aromatic heterocycles. The predicted molar refractivity (Wildman–Crippen MR) is 103 cm³/mol. The molecule has 1 aliphatic heterocycles. The van der Waals surface area contributed by atoms with E-state index >= 15 is 0 Å². The first-order chi connectivity index (χ1) is 13.3. The van der Waals surface area contributed by atoms with Crippen LogP contribution in [0.2, 0.25) is 0 Å². The standard InChI is InChI=1S/C18H26N8O/c1-2-26-16-13(10-20-6-5-9-25-7-3-4-8-25)11-21-12-14(16)22-18(26)15-17(19)24-27-23-15/h11-12,20H,2-10H2,1H3,(H2,19,24). The molecule has 3 aromatic rings. The first kappa shape index (κ1) is 17.9. The molecule has 1 fully saturated rings. The maximum Gasteiger partial charge on any atom is 0.199 e. The molecule has 9 heteroatoms. The minimum Gasteiger partial charge on any atom is -0.379 e. The van der Waals surface area contributed by atoms with Gasteiger partial charge in [0.1, 0.15) is 5.52 Å². The number of aryl methyl sites for hydroxylation is 1. The van der Waals surface area contributed by atoms with E-state index in [1.807, 2.05) is 6.20 Å². The van der Waals surface area contributed by atoms with E-state index in [-0.39, 0.29) is 5.82 Å². The number of nitrogen functional groups attached to an aromatic ring is 1. The van der Waals surface area contributed by atoms with Crippen molar-refractivity contribution in [2.75, 3.05) is 31.9 Å². The number of nitrogens with one attached hydrogen (secondary N) is 1. The summed E-state index contributed by atoms with van der Waals surface area (Å²) in [7, 11) is 0. The Morgan fingerprint density at radius 3 is 2.81 bits per heavy atom. The fourth-order valence-corrected chi connectivity index (χ4v) is 3.78. The van der Waals surface area contributed by atoms with Gasteiger partial charge in [0.05, 0.1) is 11.7 Å². The SMILES string of the molecule is CCn1c(-c2nonc2N)nc2cncc(CNCCCN3CCCC3)c21. The Morgan fingerprint density at radius 1 is 1.22 bits per heavy atom. The molecule has 1 saturated heterocycles. The van der Waals surface area contributed by atoms with Crippen LogP contribution >= 0.6 is 0 Å². The molecule has 0 aliphatic carbocycles. The number of aromatic nitrogens is 5. The maximum absolute atomic E-state index is 5.87. The molecule has 4 heterocycles. The molecule has 0 atom stereocenters. The van der Waals surface area contributed by atoms with Crippen LogP contribution in [-0.4, -0.2) is 55.9 Å². The van der Waals surface area contributed by atoms with Gasteiger partial charge in [-0.1, -0.05) is 0 Å². The van der Waals surface area contributed by atoms with Gasteiger partial charge in [-0.15, -0.1) is 0 Å². The van der Waals surface area contributed by atoms with Crippen molar-refractivity contribution in [3.05, 3.63) is 18.0 Å². The molecule has 0 spiro atoms. The zero-order valence-corrected chi connectivity index (χ0v) is 15.7. The van der Waals surface area contributed by atoms with Crippen molar-refractivity contribution >= 4 is 16.9 Å². The van der Waals surface area contributed by atoms with Gasteiger partial charge in [-0.2, -0.15) is 0 Å². The molecule has 3 N–H and O–H groups in total. The fourth-order valence-electron chi connectivity index (χ4n) is 3.78. The highest BCUT2D eigenvalue weighted by Crippen LogP contribution is 2.28. The second-order valence-electron chi connectivity index (χ2n) is 6.92. The summed E-state index contributed by atoms with van der Waals surface area (Å²) in [5, 5.41) is 11.1. The Morgan fingerprint density at radius 2 is 2.07 bits per heavy atom. The Hall–Kier alpha value is -2.52. The van der Waals surface area contributed by atoms with Crippen molar-refractivity contribution < 1.29 is 4.63 Å². The molecule has 0 amide bonds. The molecule has 1 aliphatic rings. The Kier molecular flexibility index (Phi) is 5.30. The summed E-state index contributed by atoms with van der Waals surface area (Å²) in [6.07, 6.45) is 7.51. The van der Waals surface area contributed by atoms with Crippen LogP contribution in [0.25, 0.3) is 22.6 Å². The van der Waals surface area contributed by atoms with Crippen molar-refractivity contribution in [2.45, 2.75) is 39.3 Å². The van der Waals surface area contributed by atoms with Gasteiger partial charge in [0.15, 0.2) is 17.3 Å². The van der Waals surface area contributed by atoms with Crippen LogP contribution in [0.1, 0.15) is 31.7 Å². The first-order valence-electron chi connectivity index (χ1n) is 9.62. The highest BCUT2D eigenvalue weighted by molar-refractivity contribution is 5.83. The van der Waals surface area contributed by atoms with Crippen LogP contribution in [0.3, 0.4) is 0 Å². The van der Waals surface area contributed by atoms with E-state index in [9.17, 15) is 0 Å².